The number of carbonyl (C=O) groups is 1. The molecule has 2 aliphatic rings. The Morgan fingerprint density at radius 3 is 2.59 bits per heavy atom. The molecule has 1 heterocycles. The fraction of sp³-hybridized carbons (Fsp3) is 0.923. The molecule has 2 rings (SSSR count). The summed E-state index contributed by atoms with van der Waals surface area (Å²) in [6.45, 7) is 7.59. The smallest absolute Gasteiger partial charge is 0.235 e. The van der Waals surface area contributed by atoms with Gasteiger partial charge in [-0.25, -0.2) is 0 Å². The van der Waals surface area contributed by atoms with E-state index in [9.17, 15) is 4.79 Å². The first-order chi connectivity index (χ1) is 8.06. The first-order valence-electron chi connectivity index (χ1n) is 6.84. The average Bonchev–Trinajstić information content (AvgIpc) is 3.06. The predicted molar refractivity (Wildman–Crippen MR) is 68.5 cm³/mol. The molecule has 1 aliphatic heterocycles. The van der Waals surface area contributed by atoms with Gasteiger partial charge in [0.25, 0.3) is 0 Å². The summed E-state index contributed by atoms with van der Waals surface area (Å²) < 4.78 is 0. The highest BCUT2D eigenvalue weighted by atomic mass is 16.1. The molecule has 1 aliphatic carbocycles. The van der Waals surface area contributed by atoms with Gasteiger partial charge in [-0.1, -0.05) is 13.8 Å². The van der Waals surface area contributed by atoms with Crippen molar-refractivity contribution in [2.24, 2.45) is 17.6 Å². The van der Waals surface area contributed by atoms with Crippen molar-refractivity contribution in [2.75, 3.05) is 19.6 Å². The molecule has 1 saturated carbocycles. The molecule has 3 atom stereocenters. The first-order valence-corrected chi connectivity index (χ1v) is 6.84. The van der Waals surface area contributed by atoms with Gasteiger partial charge >= 0.3 is 0 Å². The number of nitrogens with one attached hydrogen (secondary N) is 1. The van der Waals surface area contributed by atoms with Gasteiger partial charge in [-0.2, -0.15) is 0 Å². The molecule has 0 spiro atoms. The molecule has 2 fully saturated rings. The maximum absolute atomic E-state index is 11.4. The highest BCUT2D eigenvalue weighted by Crippen LogP contribution is 2.23. The predicted octanol–water partition coefficient (Wildman–Crippen LogP) is 0.570. The van der Waals surface area contributed by atoms with Crippen molar-refractivity contribution in [2.45, 2.75) is 45.2 Å². The molecule has 0 aromatic carbocycles. The van der Waals surface area contributed by atoms with E-state index < -0.39 is 0 Å². The van der Waals surface area contributed by atoms with E-state index in [0.717, 1.165) is 31.5 Å². The molecular weight excluding hydrogens is 214 g/mol. The van der Waals surface area contributed by atoms with Gasteiger partial charge < -0.3 is 16.0 Å². The van der Waals surface area contributed by atoms with E-state index in [-0.39, 0.29) is 11.9 Å². The normalized spacial score (nSPS) is 32.4. The number of hydrogen-bond donors (Lipinski definition) is 2. The molecule has 98 valence electrons. The zero-order valence-electron chi connectivity index (χ0n) is 11.0. The molecule has 0 aromatic heterocycles. The molecular formula is C13H25N3O. The molecule has 0 bridgehead atoms. The van der Waals surface area contributed by atoms with Crippen molar-refractivity contribution >= 4 is 5.91 Å². The van der Waals surface area contributed by atoms with E-state index in [4.69, 9.17) is 5.73 Å². The lowest BCUT2D eigenvalue weighted by molar-refractivity contribution is -0.120. The van der Waals surface area contributed by atoms with E-state index in [1.165, 1.54) is 19.3 Å². The van der Waals surface area contributed by atoms with E-state index in [1.54, 1.807) is 0 Å². The minimum atomic E-state index is -0.205. The number of hydrogen-bond acceptors (Lipinski definition) is 3. The Labute approximate surface area is 104 Å². The lowest BCUT2D eigenvalue weighted by Crippen LogP contribution is -2.52. The number of rotatable bonds is 5. The first kappa shape index (κ1) is 12.8. The van der Waals surface area contributed by atoms with Crippen LogP contribution < -0.4 is 11.1 Å². The quantitative estimate of drug-likeness (QED) is 0.737. The Bertz CT molecular complexity index is 278. The SMILES string of the molecule is CC1CCN(CC(NC2CC2)C(N)=O)CC1C. The van der Waals surface area contributed by atoms with Crippen LogP contribution >= 0.6 is 0 Å². The molecule has 4 heteroatoms. The summed E-state index contributed by atoms with van der Waals surface area (Å²) in [5.74, 6) is 1.32. The van der Waals surface area contributed by atoms with Crippen molar-refractivity contribution < 1.29 is 4.79 Å². The maximum Gasteiger partial charge on any atom is 0.235 e. The van der Waals surface area contributed by atoms with Gasteiger partial charge in [0.05, 0.1) is 6.04 Å². The highest BCUT2D eigenvalue weighted by Gasteiger charge is 2.30. The van der Waals surface area contributed by atoms with E-state index in [1.807, 2.05) is 0 Å². The van der Waals surface area contributed by atoms with Crippen LogP contribution in [0.1, 0.15) is 33.1 Å². The average molecular weight is 239 g/mol. The molecule has 3 N–H and O–H groups in total. The molecule has 0 radical (unpaired) electrons. The zero-order chi connectivity index (χ0) is 12.4. The lowest BCUT2D eigenvalue weighted by Gasteiger charge is -2.36. The lowest BCUT2D eigenvalue weighted by atomic mass is 9.88. The van der Waals surface area contributed by atoms with E-state index >= 15 is 0 Å². The van der Waals surface area contributed by atoms with Crippen LogP contribution in [0, 0.1) is 11.8 Å². The summed E-state index contributed by atoms with van der Waals surface area (Å²) >= 11 is 0. The third kappa shape index (κ3) is 3.68. The summed E-state index contributed by atoms with van der Waals surface area (Å²) in [7, 11) is 0. The van der Waals surface area contributed by atoms with Crippen LogP contribution in [-0.2, 0) is 4.79 Å². The van der Waals surface area contributed by atoms with Gasteiger partial charge in [0.15, 0.2) is 0 Å². The fourth-order valence-corrected chi connectivity index (χ4v) is 2.53. The highest BCUT2D eigenvalue weighted by molar-refractivity contribution is 5.80. The van der Waals surface area contributed by atoms with Crippen molar-refractivity contribution in [3.63, 3.8) is 0 Å². The van der Waals surface area contributed by atoms with Crippen LogP contribution in [0.5, 0.6) is 0 Å². The van der Waals surface area contributed by atoms with Gasteiger partial charge in [0.2, 0.25) is 5.91 Å². The Hall–Kier alpha value is -0.610. The van der Waals surface area contributed by atoms with Gasteiger partial charge in [-0.05, 0) is 37.6 Å². The number of primary amides is 1. The molecule has 17 heavy (non-hydrogen) atoms. The number of nitrogens with two attached hydrogens (primary N) is 1. The number of nitrogens with zero attached hydrogens (tertiary/aromatic N) is 1. The Morgan fingerprint density at radius 2 is 2.06 bits per heavy atom. The van der Waals surface area contributed by atoms with Crippen molar-refractivity contribution in [3.05, 3.63) is 0 Å². The summed E-state index contributed by atoms with van der Waals surface area (Å²) in [6, 6.07) is 0.372. The standard InChI is InChI=1S/C13H25N3O/c1-9-5-6-16(7-10(9)2)8-12(13(14)17)15-11-3-4-11/h9-12,15H,3-8H2,1-2H3,(H2,14,17). The second-order valence-electron chi connectivity index (χ2n) is 5.90. The van der Waals surface area contributed by atoms with Crippen molar-refractivity contribution in [1.82, 2.24) is 10.2 Å². The fourth-order valence-electron chi connectivity index (χ4n) is 2.53. The Morgan fingerprint density at radius 1 is 1.35 bits per heavy atom. The minimum Gasteiger partial charge on any atom is -0.368 e. The summed E-state index contributed by atoms with van der Waals surface area (Å²) in [4.78, 5) is 13.8. The summed E-state index contributed by atoms with van der Waals surface area (Å²) in [5.41, 5.74) is 5.46. The van der Waals surface area contributed by atoms with Crippen LogP contribution in [0.2, 0.25) is 0 Å². The number of carbonyl (C=O) groups excluding carboxylic acids is 1. The van der Waals surface area contributed by atoms with Crippen LogP contribution in [0.25, 0.3) is 0 Å². The largest absolute Gasteiger partial charge is 0.368 e. The van der Waals surface area contributed by atoms with E-state index in [0.29, 0.717) is 6.04 Å². The van der Waals surface area contributed by atoms with E-state index in [2.05, 4.69) is 24.1 Å². The van der Waals surface area contributed by atoms with Gasteiger partial charge in [-0.15, -0.1) is 0 Å². The molecule has 0 aromatic rings. The second-order valence-corrected chi connectivity index (χ2v) is 5.90. The van der Waals surface area contributed by atoms with Crippen LogP contribution in [0.3, 0.4) is 0 Å². The Balaban J connectivity index is 1.82. The molecule has 3 unspecified atom stereocenters. The van der Waals surface area contributed by atoms with Crippen LogP contribution in [0.4, 0.5) is 0 Å². The van der Waals surface area contributed by atoms with Crippen LogP contribution in [-0.4, -0.2) is 42.5 Å². The topological polar surface area (TPSA) is 58.4 Å². The monoisotopic (exact) mass is 239 g/mol. The number of amides is 1. The Kier molecular flexibility index (Phi) is 4.05. The number of likely N-dealkylation sites (tertiary alicyclic amines) is 1. The van der Waals surface area contributed by atoms with Crippen molar-refractivity contribution in [3.8, 4) is 0 Å². The molecule has 4 nitrogen and oxygen atoms in total. The molecule has 1 saturated heterocycles. The third-order valence-electron chi connectivity index (χ3n) is 4.22. The summed E-state index contributed by atoms with van der Waals surface area (Å²) in [6.07, 6.45) is 3.62. The second kappa shape index (κ2) is 5.36. The summed E-state index contributed by atoms with van der Waals surface area (Å²) in [5, 5.41) is 3.35. The zero-order valence-corrected chi connectivity index (χ0v) is 11.0. The van der Waals surface area contributed by atoms with Gasteiger partial charge in [0.1, 0.15) is 0 Å². The molecule has 1 amide bonds. The third-order valence-corrected chi connectivity index (χ3v) is 4.22. The van der Waals surface area contributed by atoms with Gasteiger partial charge in [0, 0.05) is 19.1 Å². The minimum absolute atomic E-state index is 0.164. The van der Waals surface area contributed by atoms with Gasteiger partial charge in [-0.3, -0.25) is 4.79 Å². The number of piperidine rings is 1. The maximum atomic E-state index is 11.4. The van der Waals surface area contributed by atoms with Crippen LogP contribution in [0.15, 0.2) is 0 Å². The van der Waals surface area contributed by atoms with Crippen molar-refractivity contribution in [1.29, 1.82) is 0 Å².